The lowest BCUT2D eigenvalue weighted by Gasteiger charge is -2.07. The van der Waals surface area contributed by atoms with Crippen molar-refractivity contribution in [1.82, 2.24) is 5.32 Å². The average molecular weight is 301 g/mol. The molecule has 7 heteroatoms. The molecule has 2 N–H and O–H groups in total. The van der Waals surface area contributed by atoms with Crippen LogP contribution in [0.1, 0.15) is 16.8 Å². The number of benzene rings is 1. The first-order chi connectivity index (χ1) is 9.38. The van der Waals surface area contributed by atoms with Gasteiger partial charge in [0, 0.05) is 12.8 Å². The first kappa shape index (κ1) is 16.5. The quantitative estimate of drug-likeness (QED) is 0.655. The summed E-state index contributed by atoms with van der Waals surface area (Å²) in [4.78, 5) is 10.6. The Kier molecular flexibility index (Phi) is 6.47. The van der Waals surface area contributed by atoms with Crippen molar-refractivity contribution >= 4 is 15.8 Å². The molecule has 0 aliphatic rings. The zero-order chi connectivity index (χ0) is 15.0. The highest BCUT2D eigenvalue weighted by atomic mass is 32.2. The van der Waals surface area contributed by atoms with Gasteiger partial charge >= 0.3 is 5.97 Å². The molecule has 20 heavy (non-hydrogen) atoms. The highest BCUT2D eigenvalue weighted by Crippen LogP contribution is 2.11. The maximum absolute atomic E-state index is 10.9. The second kappa shape index (κ2) is 7.86. The van der Waals surface area contributed by atoms with E-state index in [1.165, 1.54) is 18.4 Å². The molecular formula is C13H19NO5S. The molecule has 0 aliphatic heterocycles. The van der Waals surface area contributed by atoms with Crippen LogP contribution in [0.5, 0.6) is 5.75 Å². The zero-order valence-corrected chi connectivity index (χ0v) is 12.1. The fraction of sp³-hybridized carbons (Fsp3) is 0.462. The SMILES string of the molecule is CS(=O)(=O)CCCNCCOc1ccc(C(=O)O)cc1. The lowest BCUT2D eigenvalue weighted by atomic mass is 10.2. The van der Waals surface area contributed by atoms with Gasteiger partial charge in [-0.2, -0.15) is 0 Å². The summed E-state index contributed by atoms with van der Waals surface area (Å²) in [6, 6.07) is 6.18. The molecule has 112 valence electrons. The minimum Gasteiger partial charge on any atom is -0.492 e. The fourth-order valence-corrected chi connectivity index (χ4v) is 2.19. The Morgan fingerprint density at radius 3 is 2.45 bits per heavy atom. The third kappa shape index (κ3) is 7.10. The highest BCUT2D eigenvalue weighted by molar-refractivity contribution is 7.90. The summed E-state index contributed by atoms with van der Waals surface area (Å²) < 4.78 is 27.2. The molecule has 0 saturated carbocycles. The molecule has 1 aromatic carbocycles. The standard InChI is InChI=1S/C13H19NO5S/c1-20(17,18)10-2-7-14-8-9-19-12-5-3-11(4-6-12)13(15)16/h3-6,14H,2,7-10H2,1H3,(H,15,16). The van der Waals surface area contributed by atoms with E-state index >= 15 is 0 Å². The molecule has 0 aromatic heterocycles. The van der Waals surface area contributed by atoms with Crippen molar-refractivity contribution in [1.29, 1.82) is 0 Å². The van der Waals surface area contributed by atoms with Crippen LogP contribution in [-0.2, 0) is 9.84 Å². The van der Waals surface area contributed by atoms with Crippen molar-refractivity contribution in [3.05, 3.63) is 29.8 Å². The van der Waals surface area contributed by atoms with Crippen LogP contribution in [0.15, 0.2) is 24.3 Å². The number of ether oxygens (including phenoxy) is 1. The van der Waals surface area contributed by atoms with E-state index in [9.17, 15) is 13.2 Å². The van der Waals surface area contributed by atoms with E-state index in [1.807, 2.05) is 0 Å². The molecule has 6 nitrogen and oxygen atoms in total. The van der Waals surface area contributed by atoms with Crippen molar-refractivity contribution in [2.24, 2.45) is 0 Å². The molecule has 0 bridgehead atoms. The molecule has 0 unspecified atom stereocenters. The zero-order valence-electron chi connectivity index (χ0n) is 11.3. The molecule has 0 aliphatic carbocycles. The minimum atomic E-state index is -2.89. The Hall–Kier alpha value is -1.60. The lowest BCUT2D eigenvalue weighted by Crippen LogP contribution is -2.23. The van der Waals surface area contributed by atoms with E-state index in [4.69, 9.17) is 9.84 Å². The van der Waals surface area contributed by atoms with Gasteiger partial charge in [-0.15, -0.1) is 0 Å². The number of aromatic carboxylic acids is 1. The van der Waals surface area contributed by atoms with Crippen LogP contribution in [0.3, 0.4) is 0 Å². The van der Waals surface area contributed by atoms with E-state index in [0.717, 1.165) is 0 Å². The molecule has 0 atom stereocenters. The Balaban J connectivity index is 2.14. The largest absolute Gasteiger partial charge is 0.492 e. The molecule has 0 heterocycles. The Labute approximate surface area is 118 Å². The number of carbonyl (C=O) groups is 1. The van der Waals surface area contributed by atoms with Gasteiger partial charge in [-0.05, 0) is 37.2 Å². The van der Waals surface area contributed by atoms with Gasteiger partial charge in [-0.3, -0.25) is 0 Å². The first-order valence-electron chi connectivity index (χ1n) is 6.23. The number of carboxylic acid groups (broad SMARTS) is 1. The van der Waals surface area contributed by atoms with E-state index in [1.54, 1.807) is 12.1 Å². The van der Waals surface area contributed by atoms with Crippen molar-refractivity contribution in [2.45, 2.75) is 6.42 Å². The van der Waals surface area contributed by atoms with Crippen LogP contribution < -0.4 is 10.1 Å². The number of sulfone groups is 1. The Morgan fingerprint density at radius 2 is 1.90 bits per heavy atom. The highest BCUT2D eigenvalue weighted by Gasteiger charge is 2.02. The topological polar surface area (TPSA) is 92.7 Å². The van der Waals surface area contributed by atoms with Crippen molar-refractivity contribution in [3.63, 3.8) is 0 Å². The number of nitrogens with one attached hydrogen (secondary N) is 1. The van der Waals surface area contributed by atoms with Gasteiger partial charge in [0.1, 0.15) is 22.2 Å². The normalized spacial score (nSPS) is 11.2. The number of carboxylic acids is 1. The molecular weight excluding hydrogens is 282 g/mol. The average Bonchev–Trinajstić information content (AvgIpc) is 2.37. The summed E-state index contributed by atoms with van der Waals surface area (Å²) in [7, 11) is -2.89. The van der Waals surface area contributed by atoms with E-state index in [-0.39, 0.29) is 11.3 Å². The summed E-state index contributed by atoms with van der Waals surface area (Å²) in [6.07, 6.45) is 1.79. The van der Waals surface area contributed by atoms with E-state index < -0.39 is 15.8 Å². The predicted octanol–water partition coefficient (Wildman–Crippen LogP) is 0.788. The van der Waals surface area contributed by atoms with Gasteiger partial charge in [0.2, 0.25) is 0 Å². The van der Waals surface area contributed by atoms with Gasteiger partial charge in [0.25, 0.3) is 0 Å². The van der Waals surface area contributed by atoms with Crippen LogP contribution in [0, 0.1) is 0 Å². The van der Waals surface area contributed by atoms with Gasteiger partial charge in [-0.25, -0.2) is 13.2 Å². The molecule has 0 amide bonds. The Bertz CT molecular complexity index is 524. The molecule has 1 rings (SSSR count). The van der Waals surface area contributed by atoms with Gasteiger partial charge in [0.05, 0.1) is 11.3 Å². The van der Waals surface area contributed by atoms with Crippen LogP contribution >= 0.6 is 0 Å². The van der Waals surface area contributed by atoms with Crippen LogP contribution in [0.4, 0.5) is 0 Å². The molecule has 1 aromatic rings. The number of hydrogen-bond acceptors (Lipinski definition) is 5. The van der Waals surface area contributed by atoms with Crippen molar-refractivity contribution in [3.8, 4) is 5.75 Å². The van der Waals surface area contributed by atoms with Crippen molar-refractivity contribution < 1.29 is 23.1 Å². The second-order valence-electron chi connectivity index (χ2n) is 4.41. The predicted molar refractivity (Wildman–Crippen MR) is 76.1 cm³/mol. The van der Waals surface area contributed by atoms with Crippen LogP contribution in [0.2, 0.25) is 0 Å². The lowest BCUT2D eigenvalue weighted by molar-refractivity contribution is 0.0697. The monoisotopic (exact) mass is 301 g/mol. The summed E-state index contributed by atoms with van der Waals surface area (Å²) in [5.74, 6) is -0.186. The maximum Gasteiger partial charge on any atom is 0.335 e. The van der Waals surface area contributed by atoms with Gasteiger partial charge in [-0.1, -0.05) is 0 Å². The van der Waals surface area contributed by atoms with Gasteiger partial charge < -0.3 is 15.2 Å². The fourth-order valence-electron chi connectivity index (χ4n) is 1.52. The third-order valence-corrected chi connectivity index (χ3v) is 3.55. The van der Waals surface area contributed by atoms with E-state index in [0.29, 0.717) is 31.9 Å². The summed E-state index contributed by atoms with van der Waals surface area (Å²) in [5, 5.41) is 11.8. The second-order valence-corrected chi connectivity index (χ2v) is 6.67. The molecule has 0 fully saturated rings. The van der Waals surface area contributed by atoms with Crippen LogP contribution in [0.25, 0.3) is 0 Å². The molecule has 0 spiro atoms. The smallest absolute Gasteiger partial charge is 0.335 e. The molecule has 0 saturated heterocycles. The maximum atomic E-state index is 10.9. The minimum absolute atomic E-state index is 0.178. The van der Waals surface area contributed by atoms with Crippen LogP contribution in [-0.4, -0.2) is 51.2 Å². The van der Waals surface area contributed by atoms with Gasteiger partial charge in [0.15, 0.2) is 0 Å². The first-order valence-corrected chi connectivity index (χ1v) is 8.29. The third-order valence-electron chi connectivity index (χ3n) is 2.52. The summed E-state index contributed by atoms with van der Waals surface area (Å²) in [5.41, 5.74) is 0.219. The molecule has 0 radical (unpaired) electrons. The number of rotatable bonds is 9. The summed E-state index contributed by atoms with van der Waals surface area (Å²) >= 11 is 0. The van der Waals surface area contributed by atoms with Crippen molar-refractivity contribution in [2.75, 3.05) is 31.7 Å². The van der Waals surface area contributed by atoms with E-state index in [2.05, 4.69) is 5.32 Å². The Morgan fingerprint density at radius 1 is 1.25 bits per heavy atom. The summed E-state index contributed by atoms with van der Waals surface area (Å²) in [6.45, 7) is 1.66. The number of hydrogen-bond donors (Lipinski definition) is 2.